The van der Waals surface area contributed by atoms with Crippen LogP contribution in [-0.4, -0.2) is 123 Å². The molecule has 0 aliphatic carbocycles. The Morgan fingerprint density at radius 3 is 0.710 bits per heavy atom. The van der Waals surface area contributed by atoms with Crippen molar-refractivity contribution in [3.63, 3.8) is 0 Å². The predicted octanol–water partition coefficient (Wildman–Crippen LogP) is 25.8. The third-order valence-electron chi connectivity index (χ3n) is 21.9. The minimum absolute atomic E-state index is 0.0226. The number of hydrogen-bond donors (Lipinski definition) is 2. The Kier molecular flexibility index (Phi) is 82.6. The number of esters is 4. The lowest BCUT2D eigenvalue weighted by molar-refractivity contribution is -0.151. The van der Waals surface area contributed by atoms with Crippen molar-refractivity contribution in [1.82, 2.24) is 20.4 Å². The molecule has 0 aliphatic rings. The van der Waals surface area contributed by atoms with Crippen molar-refractivity contribution in [1.29, 1.82) is 0 Å². The molecule has 107 heavy (non-hydrogen) atoms. The van der Waals surface area contributed by atoms with Crippen LogP contribution in [0.25, 0.3) is 0 Å². The number of nitrogens with one attached hydrogen (secondary N) is 2. The maximum Gasteiger partial charge on any atom is 0.306 e. The fraction of sp³-hybridized carbons (Fsp3) is 0.935. The molecule has 14 nitrogen and oxygen atoms in total. The molecule has 2 amide bonds. The highest BCUT2D eigenvalue weighted by molar-refractivity contribution is 5.78. The Balaban J connectivity index is 5.32. The van der Waals surface area contributed by atoms with Gasteiger partial charge in [0.15, 0.2) is 0 Å². The number of unbranched alkanes of at least 4 members (excludes halogenated alkanes) is 48. The predicted molar refractivity (Wildman–Crippen MR) is 453 cm³/mol. The van der Waals surface area contributed by atoms with Gasteiger partial charge in [-0.2, -0.15) is 0 Å². The Bertz CT molecular complexity index is 1760. The van der Waals surface area contributed by atoms with E-state index in [9.17, 15) is 28.8 Å². The summed E-state index contributed by atoms with van der Waals surface area (Å²) < 4.78 is 23.5. The number of nitrogens with zero attached hydrogens (tertiary/aromatic N) is 2. The van der Waals surface area contributed by atoms with E-state index >= 15 is 0 Å². The monoisotopic (exact) mass is 1510 g/mol. The van der Waals surface area contributed by atoms with Crippen LogP contribution < -0.4 is 10.6 Å². The molecule has 0 atom stereocenters. The molecule has 0 radical (unpaired) electrons. The van der Waals surface area contributed by atoms with Crippen LogP contribution in [0, 0.1) is 0 Å². The van der Waals surface area contributed by atoms with Crippen molar-refractivity contribution in [2.24, 2.45) is 0 Å². The molecule has 0 aliphatic heterocycles. The summed E-state index contributed by atoms with van der Waals surface area (Å²) in [7, 11) is 0. The molecule has 14 heteroatoms. The second-order valence-corrected chi connectivity index (χ2v) is 32.4. The van der Waals surface area contributed by atoms with Crippen LogP contribution in [0.5, 0.6) is 0 Å². The molecule has 0 aromatic heterocycles. The first-order valence-electron chi connectivity index (χ1n) is 47.2. The summed E-state index contributed by atoms with van der Waals surface area (Å²) in [5.74, 6) is -0.275. The van der Waals surface area contributed by atoms with E-state index in [4.69, 9.17) is 18.9 Å². The lowest BCUT2D eigenvalue weighted by Crippen LogP contribution is -2.36. The Morgan fingerprint density at radius 2 is 0.439 bits per heavy atom. The minimum atomic E-state index is -0.0850. The molecular weight excluding hydrogens is 1330 g/mol. The number of carbonyl (C=O) groups is 6. The maximum atomic E-state index is 13.2. The van der Waals surface area contributed by atoms with Crippen LogP contribution >= 0.6 is 0 Å². The van der Waals surface area contributed by atoms with Crippen molar-refractivity contribution >= 4 is 35.7 Å². The van der Waals surface area contributed by atoms with Crippen molar-refractivity contribution in [3.8, 4) is 0 Å². The van der Waals surface area contributed by atoms with Crippen molar-refractivity contribution < 1.29 is 47.7 Å². The molecule has 0 aromatic carbocycles. The third-order valence-corrected chi connectivity index (χ3v) is 21.9. The standard InChI is InChI=1S/C93H180N4O10/c1-7-13-19-25-31-33-35-47-63-84-104-90(100)72-57-49-61-80-96(78-59-45-37-43-55-74-92(102)106-86(66-51-39-27-21-15-9-3)67-52-40-28-22-16-10-4)82-76-94-88(98)70-65-71-89(99)95-77-83-97(81-62-50-58-73-91(101)105-85-64-48-36-34-32-26-20-14-8-2)79-60-46-38-44-56-75-93(103)107-87(68-53-41-29-23-17-11-5)69-54-42-30-24-18-12-6/h86-87H,7-85H2,1-6H3,(H,94,98)(H,95,99). The highest BCUT2D eigenvalue weighted by Gasteiger charge is 2.18. The molecule has 632 valence electrons. The molecule has 0 rings (SSSR count). The smallest absolute Gasteiger partial charge is 0.306 e. The van der Waals surface area contributed by atoms with E-state index in [2.05, 4.69) is 62.0 Å². The lowest BCUT2D eigenvalue weighted by Gasteiger charge is -2.23. The van der Waals surface area contributed by atoms with Gasteiger partial charge < -0.3 is 39.4 Å². The minimum Gasteiger partial charge on any atom is -0.466 e. The molecule has 0 aromatic rings. The topological polar surface area (TPSA) is 170 Å². The number of hydrogen-bond acceptors (Lipinski definition) is 12. The molecule has 0 heterocycles. The van der Waals surface area contributed by atoms with Gasteiger partial charge in [0.05, 0.1) is 13.2 Å². The van der Waals surface area contributed by atoms with E-state index in [1.807, 2.05) is 0 Å². The fourth-order valence-electron chi connectivity index (χ4n) is 14.8. The molecular formula is C93H180N4O10. The summed E-state index contributed by atoms with van der Waals surface area (Å²) in [6.07, 6.45) is 75.1. The largest absolute Gasteiger partial charge is 0.466 e. The number of amides is 2. The van der Waals surface area contributed by atoms with Crippen LogP contribution in [0.2, 0.25) is 0 Å². The van der Waals surface area contributed by atoms with Gasteiger partial charge in [-0.1, -0.05) is 324 Å². The van der Waals surface area contributed by atoms with Crippen molar-refractivity contribution in [2.45, 2.75) is 497 Å². The Hall–Kier alpha value is -3.26. The number of rotatable bonds is 88. The van der Waals surface area contributed by atoms with Gasteiger partial charge in [0, 0.05) is 64.7 Å². The average molecular weight is 1510 g/mol. The van der Waals surface area contributed by atoms with E-state index in [-0.39, 0.29) is 47.9 Å². The number of ether oxygens (including phenoxy) is 4. The van der Waals surface area contributed by atoms with Crippen molar-refractivity contribution in [3.05, 3.63) is 0 Å². The van der Waals surface area contributed by atoms with Crippen LogP contribution in [-0.2, 0) is 47.7 Å². The fourth-order valence-corrected chi connectivity index (χ4v) is 14.8. The zero-order valence-electron chi connectivity index (χ0n) is 72.0. The summed E-state index contributed by atoms with van der Waals surface area (Å²) in [6, 6.07) is 0. The molecule has 0 saturated carbocycles. The van der Waals surface area contributed by atoms with Crippen LogP contribution in [0.4, 0.5) is 0 Å². The van der Waals surface area contributed by atoms with E-state index in [1.165, 1.54) is 218 Å². The third kappa shape index (κ3) is 79.2. The van der Waals surface area contributed by atoms with E-state index < -0.39 is 0 Å². The quantitative estimate of drug-likeness (QED) is 0.0336. The SMILES string of the molecule is CCCCCCCCCCCOC(=O)CCCCCN(CCCCCCCC(=O)OC(CCCCCCCC)CCCCCCCC)CCNC(=O)CCCC(=O)NCCN(CCCCCCCC(=O)OC(CCCCCCCC)CCCCCCCC)CCCCCC(=O)OCCCCCCCCCCC. The lowest BCUT2D eigenvalue weighted by atomic mass is 10.0. The highest BCUT2D eigenvalue weighted by atomic mass is 16.6. The number of carbonyl (C=O) groups excluding carboxylic acids is 6. The summed E-state index contributed by atoms with van der Waals surface area (Å²) >= 11 is 0. The van der Waals surface area contributed by atoms with Gasteiger partial charge in [-0.05, 0) is 148 Å². The molecule has 0 spiro atoms. The second-order valence-electron chi connectivity index (χ2n) is 32.4. The van der Waals surface area contributed by atoms with Crippen molar-refractivity contribution in [2.75, 3.05) is 65.6 Å². The summed E-state index contributed by atoms with van der Waals surface area (Å²) in [5, 5.41) is 6.30. The first kappa shape index (κ1) is 104. The summed E-state index contributed by atoms with van der Waals surface area (Å²) in [6.45, 7) is 20.9. The van der Waals surface area contributed by atoms with Crippen LogP contribution in [0.3, 0.4) is 0 Å². The molecule has 0 saturated heterocycles. The van der Waals surface area contributed by atoms with Gasteiger partial charge in [-0.25, -0.2) is 0 Å². The first-order valence-corrected chi connectivity index (χ1v) is 47.2. The van der Waals surface area contributed by atoms with Crippen LogP contribution in [0.15, 0.2) is 0 Å². The van der Waals surface area contributed by atoms with Gasteiger partial charge in [0.2, 0.25) is 11.8 Å². The van der Waals surface area contributed by atoms with Gasteiger partial charge in [0.1, 0.15) is 12.2 Å². The van der Waals surface area contributed by atoms with Gasteiger partial charge in [-0.3, -0.25) is 28.8 Å². The maximum absolute atomic E-state index is 13.2. The van der Waals surface area contributed by atoms with E-state index in [0.29, 0.717) is 71.2 Å². The molecule has 0 unspecified atom stereocenters. The second kappa shape index (κ2) is 85.2. The van der Waals surface area contributed by atoms with Gasteiger partial charge >= 0.3 is 23.9 Å². The first-order chi connectivity index (χ1) is 52.5. The van der Waals surface area contributed by atoms with E-state index in [1.54, 1.807) is 0 Å². The van der Waals surface area contributed by atoms with E-state index in [0.717, 1.165) is 219 Å². The molecule has 0 fully saturated rings. The molecule has 2 N–H and O–H groups in total. The Labute approximate surface area is 662 Å². The zero-order valence-corrected chi connectivity index (χ0v) is 72.0. The summed E-state index contributed by atoms with van der Waals surface area (Å²) in [4.78, 5) is 82.7. The van der Waals surface area contributed by atoms with Gasteiger partial charge in [-0.15, -0.1) is 0 Å². The summed E-state index contributed by atoms with van der Waals surface area (Å²) in [5.41, 5.74) is 0. The average Bonchev–Trinajstić information content (AvgIpc) is 1.18. The zero-order chi connectivity index (χ0) is 77.9. The van der Waals surface area contributed by atoms with Gasteiger partial charge in [0.25, 0.3) is 0 Å². The molecule has 0 bridgehead atoms. The Morgan fingerprint density at radius 1 is 0.224 bits per heavy atom. The van der Waals surface area contributed by atoms with Crippen LogP contribution in [0.1, 0.15) is 485 Å². The normalized spacial score (nSPS) is 11.6. The highest BCUT2D eigenvalue weighted by Crippen LogP contribution is 2.22.